The molecule has 2 aliphatic rings. The van der Waals surface area contributed by atoms with Crippen molar-refractivity contribution in [2.75, 3.05) is 19.8 Å². The van der Waals surface area contributed by atoms with Gasteiger partial charge in [-0.1, -0.05) is 54.6 Å². The van der Waals surface area contributed by atoms with Gasteiger partial charge in [-0.25, -0.2) is 0 Å². The van der Waals surface area contributed by atoms with Gasteiger partial charge in [0.25, 0.3) is 5.91 Å². The molecule has 2 aliphatic heterocycles. The van der Waals surface area contributed by atoms with Gasteiger partial charge < -0.3 is 19.7 Å². The third-order valence-electron chi connectivity index (χ3n) is 6.65. The molecule has 2 atom stereocenters. The van der Waals surface area contributed by atoms with E-state index in [1.54, 1.807) is 12.1 Å². The molecule has 3 aromatic rings. The summed E-state index contributed by atoms with van der Waals surface area (Å²) in [6.07, 6.45) is 2.90. The number of carbonyl (C=O) groups excluding carboxylic acids is 2. The van der Waals surface area contributed by atoms with Crippen LogP contribution < -0.4 is 14.8 Å². The van der Waals surface area contributed by atoms with E-state index in [-0.39, 0.29) is 24.3 Å². The Balaban J connectivity index is 1.34. The molecule has 6 nitrogen and oxygen atoms in total. The first-order valence-corrected chi connectivity index (χ1v) is 12.3. The van der Waals surface area contributed by atoms with Crippen molar-refractivity contribution in [1.82, 2.24) is 10.2 Å². The van der Waals surface area contributed by atoms with Crippen LogP contribution in [0.15, 0.2) is 78.9 Å². The molecule has 0 saturated carbocycles. The second kappa shape index (κ2) is 10.6. The Labute approximate surface area is 205 Å². The van der Waals surface area contributed by atoms with Crippen LogP contribution in [0.1, 0.15) is 59.3 Å². The lowest BCUT2D eigenvalue weighted by molar-refractivity contribution is -0.132. The molecule has 6 heteroatoms. The third-order valence-corrected chi connectivity index (χ3v) is 6.65. The normalized spacial score (nSPS) is 17.9. The van der Waals surface area contributed by atoms with Gasteiger partial charge in [0.1, 0.15) is 0 Å². The summed E-state index contributed by atoms with van der Waals surface area (Å²) in [6, 6.07) is 24.4. The van der Waals surface area contributed by atoms with Gasteiger partial charge in [-0.15, -0.1) is 0 Å². The molecule has 3 aromatic carbocycles. The minimum atomic E-state index is -0.415. The van der Waals surface area contributed by atoms with E-state index in [1.807, 2.05) is 71.6 Å². The van der Waals surface area contributed by atoms with Crippen molar-refractivity contribution in [3.05, 3.63) is 95.6 Å². The predicted octanol–water partition coefficient (Wildman–Crippen LogP) is 5.07. The lowest BCUT2D eigenvalue weighted by Crippen LogP contribution is -2.36. The van der Waals surface area contributed by atoms with E-state index in [4.69, 9.17) is 9.47 Å². The van der Waals surface area contributed by atoms with Crippen LogP contribution in [0.3, 0.4) is 0 Å². The first-order valence-electron chi connectivity index (χ1n) is 12.3. The summed E-state index contributed by atoms with van der Waals surface area (Å²) in [5, 5.41) is 3.08. The molecule has 0 aromatic heterocycles. The Morgan fingerprint density at radius 3 is 2.37 bits per heavy atom. The number of carbonyl (C=O) groups is 2. The fourth-order valence-corrected chi connectivity index (χ4v) is 4.86. The molecule has 180 valence electrons. The van der Waals surface area contributed by atoms with E-state index in [1.165, 1.54) is 0 Å². The highest BCUT2D eigenvalue weighted by Crippen LogP contribution is 2.38. The van der Waals surface area contributed by atoms with Crippen LogP contribution in [0.25, 0.3) is 0 Å². The summed E-state index contributed by atoms with van der Waals surface area (Å²) < 4.78 is 11.6. The summed E-state index contributed by atoms with van der Waals surface area (Å²) in [7, 11) is 0. The maximum Gasteiger partial charge on any atom is 0.251 e. The average molecular weight is 471 g/mol. The van der Waals surface area contributed by atoms with E-state index in [0.29, 0.717) is 25.3 Å². The summed E-state index contributed by atoms with van der Waals surface area (Å²) in [4.78, 5) is 28.5. The Bertz CT molecular complexity index is 1170. The number of hydrogen-bond donors (Lipinski definition) is 1. The monoisotopic (exact) mass is 470 g/mol. The lowest BCUT2D eigenvalue weighted by atomic mass is 10.0. The zero-order chi connectivity index (χ0) is 24.0. The van der Waals surface area contributed by atoms with Gasteiger partial charge in [0.15, 0.2) is 11.5 Å². The second-order valence-electron chi connectivity index (χ2n) is 9.01. The summed E-state index contributed by atoms with van der Waals surface area (Å²) >= 11 is 0. The smallest absolute Gasteiger partial charge is 0.251 e. The van der Waals surface area contributed by atoms with Crippen molar-refractivity contribution < 1.29 is 19.1 Å². The van der Waals surface area contributed by atoms with Crippen molar-refractivity contribution in [3.63, 3.8) is 0 Å². The fourth-order valence-electron chi connectivity index (χ4n) is 4.86. The van der Waals surface area contributed by atoms with Crippen LogP contribution in [-0.2, 0) is 4.79 Å². The summed E-state index contributed by atoms with van der Waals surface area (Å²) in [5.41, 5.74) is 2.55. The topological polar surface area (TPSA) is 67.9 Å². The van der Waals surface area contributed by atoms with Gasteiger partial charge in [0, 0.05) is 18.5 Å². The van der Waals surface area contributed by atoms with Crippen LogP contribution in [0.4, 0.5) is 0 Å². The van der Waals surface area contributed by atoms with Crippen LogP contribution >= 0.6 is 0 Å². The zero-order valence-corrected chi connectivity index (χ0v) is 19.7. The molecule has 2 unspecified atom stereocenters. The highest BCUT2D eigenvalue weighted by atomic mass is 16.5. The molecule has 0 aliphatic carbocycles. The molecule has 0 spiro atoms. The molecule has 1 fully saturated rings. The number of rotatable bonds is 6. The molecule has 2 heterocycles. The second-order valence-corrected chi connectivity index (χ2v) is 9.01. The molecule has 5 rings (SSSR count). The van der Waals surface area contributed by atoms with Crippen LogP contribution in [0.2, 0.25) is 0 Å². The zero-order valence-electron chi connectivity index (χ0n) is 19.7. The highest BCUT2D eigenvalue weighted by molar-refractivity contribution is 5.94. The van der Waals surface area contributed by atoms with E-state index in [9.17, 15) is 9.59 Å². The SMILES string of the molecule is O=C(NC(CC(=O)N1CCCC1c1ccc2c(c1)OCCCO2)c1ccccc1)c1ccccc1. The molecule has 1 saturated heterocycles. The Kier molecular flexibility index (Phi) is 6.98. The van der Waals surface area contributed by atoms with Crippen LogP contribution in [-0.4, -0.2) is 36.5 Å². The van der Waals surface area contributed by atoms with Crippen molar-refractivity contribution >= 4 is 11.8 Å². The van der Waals surface area contributed by atoms with Gasteiger partial charge >= 0.3 is 0 Å². The predicted molar refractivity (Wildman–Crippen MR) is 133 cm³/mol. The molecule has 1 N–H and O–H groups in total. The Morgan fingerprint density at radius 2 is 1.60 bits per heavy atom. The summed E-state index contributed by atoms with van der Waals surface area (Å²) in [6.45, 7) is 1.98. The number of hydrogen-bond acceptors (Lipinski definition) is 4. The largest absolute Gasteiger partial charge is 0.490 e. The van der Waals surface area contributed by atoms with Crippen molar-refractivity contribution in [2.45, 2.75) is 37.8 Å². The van der Waals surface area contributed by atoms with Crippen LogP contribution in [0, 0.1) is 0 Å². The maximum atomic E-state index is 13.6. The van der Waals surface area contributed by atoms with Gasteiger partial charge in [0.05, 0.1) is 31.7 Å². The minimum Gasteiger partial charge on any atom is -0.490 e. The number of likely N-dealkylation sites (tertiary alicyclic amines) is 1. The van der Waals surface area contributed by atoms with Gasteiger partial charge in [0.2, 0.25) is 5.91 Å². The third kappa shape index (κ3) is 5.32. The maximum absolute atomic E-state index is 13.6. The molecule has 0 radical (unpaired) electrons. The fraction of sp³-hybridized carbons (Fsp3) is 0.310. The number of benzene rings is 3. The first-order chi connectivity index (χ1) is 17.2. The quantitative estimate of drug-likeness (QED) is 0.546. The number of fused-ring (bicyclic) bond motifs is 1. The lowest BCUT2D eigenvalue weighted by Gasteiger charge is -2.28. The van der Waals surface area contributed by atoms with E-state index in [0.717, 1.165) is 41.9 Å². The van der Waals surface area contributed by atoms with Gasteiger partial charge in [-0.05, 0) is 48.2 Å². The Hall–Kier alpha value is -3.80. The average Bonchev–Trinajstić information content (AvgIpc) is 3.28. The number of nitrogens with zero attached hydrogens (tertiary/aromatic N) is 1. The minimum absolute atomic E-state index is 0.0131. The molecular weight excluding hydrogens is 440 g/mol. The first kappa shape index (κ1) is 23.0. The van der Waals surface area contributed by atoms with Gasteiger partial charge in [-0.3, -0.25) is 9.59 Å². The molecular formula is C29H30N2O4. The van der Waals surface area contributed by atoms with Crippen molar-refractivity contribution in [3.8, 4) is 11.5 Å². The van der Waals surface area contributed by atoms with E-state index in [2.05, 4.69) is 5.32 Å². The van der Waals surface area contributed by atoms with Gasteiger partial charge in [-0.2, -0.15) is 0 Å². The van der Waals surface area contributed by atoms with E-state index >= 15 is 0 Å². The highest BCUT2D eigenvalue weighted by Gasteiger charge is 2.32. The molecule has 0 bridgehead atoms. The number of ether oxygens (including phenoxy) is 2. The Morgan fingerprint density at radius 1 is 0.886 bits per heavy atom. The number of amides is 2. The van der Waals surface area contributed by atoms with Crippen molar-refractivity contribution in [2.24, 2.45) is 0 Å². The van der Waals surface area contributed by atoms with Crippen LogP contribution in [0.5, 0.6) is 11.5 Å². The molecule has 35 heavy (non-hydrogen) atoms. The summed E-state index contributed by atoms with van der Waals surface area (Å²) in [5.74, 6) is 1.35. The standard InChI is InChI=1S/C29H30N2O4/c32-28(20-24(21-9-3-1-4-10-21)30-29(33)22-11-5-2-6-12-22)31-16-7-13-25(31)23-14-15-26-27(19-23)35-18-8-17-34-26/h1-6,9-12,14-15,19,24-25H,7-8,13,16-18,20H2,(H,30,33). The van der Waals surface area contributed by atoms with Crippen molar-refractivity contribution in [1.29, 1.82) is 0 Å². The number of nitrogens with one attached hydrogen (secondary N) is 1. The van der Waals surface area contributed by atoms with E-state index < -0.39 is 6.04 Å². The molecule has 2 amide bonds.